The van der Waals surface area contributed by atoms with Crippen LogP contribution in [-0.2, 0) is 11.0 Å². The summed E-state index contributed by atoms with van der Waals surface area (Å²) in [7, 11) is 1.25. The maximum absolute atomic E-state index is 14.0. The number of nitrogens with one attached hydrogen (secondary N) is 1. The first-order valence-electron chi connectivity index (χ1n) is 7.47. The van der Waals surface area contributed by atoms with Crippen LogP contribution in [0.1, 0.15) is 17.0 Å². The predicted octanol–water partition coefficient (Wildman–Crippen LogP) is 5.80. The fourth-order valence-corrected chi connectivity index (χ4v) is 4.43. The molecule has 1 N–H and O–H groups in total. The first kappa shape index (κ1) is 21.0. The number of hydrogen-bond acceptors (Lipinski definition) is 3. The lowest BCUT2D eigenvalue weighted by molar-refractivity contribution is -0.143. The second kappa shape index (κ2) is 7.61. The fourth-order valence-electron chi connectivity index (χ4n) is 2.86. The molecular weight excluding hydrogens is 528 g/mol. The van der Waals surface area contributed by atoms with Crippen LogP contribution in [0.3, 0.4) is 0 Å². The number of fused-ring (bicyclic) bond motifs is 1. The van der Waals surface area contributed by atoms with Gasteiger partial charge in [0.05, 0.1) is 11.6 Å². The average Bonchev–Trinajstić information content (AvgIpc) is 3.01. The minimum Gasteiger partial charge on any atom is -0.320 e. The molecule has 1 aliphatic rings. The van der Waals surface area contributed by atoms with Crippen LogP contribution >= 0.6 is 30.3 Å². The molecule has 1 heterocycles. The molecule has 1 unspecified atom stereocenters. The number of nitrogens with zero attached hydrogens (tertiary/aromatic N) is 1. The summed E-state index contributed by atoms with van der Waals surface area (Å²) in [6, 6.07) is 6.62. The Morgan fingerprint density at radius 1 is 1.07 bits per heavy atom. The zero-order chi connectivity index (χ0) is 20.8. The number of para-hydroxylation sites is 1. The lowest BCUT2D eigenvalue weighted by atomic mass is 10.0. The zero-order valence-electron chi connectivity index (χ0n) is 13.4. The Labute approximate surface area is 170 Å². The van der Waals surface area contributed by atoms with Gasteiger partial charge in [-0.05, 0) is 11.6 Å². The molecule has 0 bridgehead atoms. The van der Waals surface area contributed by atoms with Crippen molar-refractivity contribution < 1.29 is 35.5 Å². The molecule has 0 aliphatic carbocycles. The molecule has 0 radical (unpaired) electrons. The monoisotopic (exact) mass is 536 g/mol. The normalized spacial score (nSPS) is 16.3. The maximum Gasteiger partial charge on any atom is 0.422 e. The number of rotatable bonds is 3. The van der Waals surface area contributed by atoms with Crippen LogP contribution in [0.4, 0.5) is 42.1 Å². The molecule has 1 aliphatic heterocycles. The van der Waals surface area contributed by atoms with Crippen molar-refractivity contribution in [1.29, 1.82) is 0 Å². The Morgan fingerprint density at radius 3 is 2.18 bits per heavy atom. The lowest BCUT2D eigenvalue weighted by Gasteiger charge is -2.17. The van der Waals surface area contributed by atoms with Crippen molar-refractivity contribution >= 4 is 47.6 Å². The van der Waals surface area contributed by atoms with Gasteiger partial charge in [-0.1, -0.05) is 18.2 Å². The summed E-state index contributed by atoms with van der Waals surface area (Å²) < 4.78 is 95.1. The van der Waals surface area contributed by atoms with Crippen LogP contribution in [0.5, 0.6) is 0 Å². The number of benzene rings is 2. The van der Waals surface area contributed by atoms with Crippen molar-refractivity contribution in [2.24, 2.45) is 0 Å². The number of carbonyl (C=O) groups excluding carboxylic acids is 1. The first-order chi connectivity index (χ1) is 13.1. The van der Waals surface area contributed by atoms with Gasteiger partial charge in [-0.2, -0.15) is 13.2 Å². The van der Waals surface area contributed by atoms with Crippen LogP contribution < -0.4 is 9.62 Å². The maximum atomic E-state index is 14.0. The van der Waals surface area contributed by atoms with E-state index < -0.39 is 52.5 Å². The molecule has 12 heteroatoms. The Bertz CT molecular complexity index is 924. The van der Waals surface area contributed by atoms with E-state index in [4.69, 9.17) is 0 Å². The van der Waals surface area contributed by atoms with Crippen molar-refractivity contribution in [3.8, 4) is 0 Å². The third-order valence-electron chi connectivity index (χ3n) is 4.12. The lowest BCUT2D eigenvalue weighted by Crippen LogP contribution is -2.26. The number of alkyl halides is 3. The van der Waals surface area contributed by atoms with Gasteiger partial charge in [-0.3, -0.25) is 4.79 Å². The van der Waals surface area contributed by atoms with Crippen LogP contribution in [0.2, 0.25) is 0 Å². The number of anilines is 2. The van der Waals surface area contributed by atoms with E-state index >= 15 is 0 Å². The molecule has 0 aromatic heterocycles. The third kappa shape index (κ3) is 3.51. The third-order valence-corrected chi connectivity index (χ3v) is 6.06. The molecule has 28 heavy (non-hydrogen) atoms. The largest absolute Gasteiger partial charge is 0.422 e. The van der Waals surface area contributed by atoms with E-state index in [0.717, 1.165) is 0 Å². The van der Waals surface area contributed by atoms with Gasteiger partial charge in [0.15, 0.2) is 23.3 Å². The quantitative estimate of drug-likeness (QED) is 0.233. The standard InChI is InChI=1S/C16H8F7IN2OS/c17-10-9(16(21,22)23)11(18)13(20)14(12(10)19)25-15(27)7-5-26(28-24)8-4-2-1-3-6(7)8/h1-4,7H,5H2,(H,25,27). The molecule has 3 nitrogen and oxygen atoms in total. The zero-order valence-corrected chi connectivity index (χ0v) is 16.4. The molecule has 1 amide bonds. The van der Waals surface area contributed by atoms with Gasteiger partial charge in [-0.15, -0.1) is 0 Å². The van der Waals surface area contributed by atoms with E-state index in [1.54, 1.807) is 33.9 Å². The van der Waals surface area contributed by atoms with Crippen LogP contribution in [0.25, 0.3) is 0 Å². The van der Waals surface area contributed by atoms with E-state index in [-0.39, 0.29) is 6.54 Å². The Kier molecular flexibility index (Phi) is 5.71. The molecule has 150 valence electrons. The van der Waals surface area contributed by atoms with Crippen molar-refractivity contribution in [3.05, 3.63) is 58.7 Å². The first-order valence-corrected chi connectivity index (χ1v) is 10.8. The Morgan fingerprint density at radius 2 is 1.64 bits per heavy atom. The SMILES string of the molecule is O=C(Nc1c(F)c(F)c(C(F)(F)F)c(F)c1F)C1CN(SI)c2ccccc21. The van der Waals surface area contributed by atoms with Crippen molar-refractivity contribution in [2.45, 2.75) is 12.1 Å². The second-order valence-corrected chi connectivity index (χ2v) is 7.49. The van der Waals surface area contributed by atoms with Gasteiger partial charge in [-0.25, -0.2) is 17.6 Å². The van der Waals surface area contributed by atoms with E-state index in [9.17, 15) is 35.5 Å². The number of amides is 1. The van der Waals surface area contributed by atoms with Crippen LogP contribution in [0, 0.1) is 23.3 Å². The summed E-state index contributed by atoms with van der Waals surface area (Å²) in [5.74, 6) is -11.9. The predicted molar refractivity (Wildman–Crippen MR) is 98.0 cm³/mol. The Balaban J connectivity index is 1.98. The van der Waals surface area contributed by atoms with Crippen molar-refractivity contribution in [2.75, 3.05) is 16.2 Å². The van der Waals surface area contributed by atoms with Gasteiger partial charge >= 0.3 is 6.18 Å². The minimum absolute atomic E-state index is 0.0909. The molecule has 2 aromatic carbocycles. The molecule has 0 spiro atoms. The van der Waals surface area contributed by atoms with Crippen molar-refractivity contribution in [1.82, 2.24) is 0 Å². The number of carbonyl (C=O) groups is 1. The average molecular weight is 536 g/mol. The smallest absolute Gasteiger partial charge is 0.320 e. The Hall–Kier alpha value is -1.70. The molecule has 2 aromatic rings. The van der Waals surface area contributed by atoms with Gasteiger partial charge in [0, 0.05) is 36.9 Å². The summed E-state index contributed by atoms with van der Waals surface area (Å²) in [6.07, 6.45) is -5.65. The molecule has 1 atom stereocenters. The summed E-state index contributed by atoms with van der Waals surface area (Å²) in [5.41, 5.74) is -3.14. The molecule has 0 saturated carbocycles. The van der Waals surface area contributed by atoms with E-state index in [1.807, 2.05) is 21.2 Å². The number of hydrogen-bond donors (Lipinski definition) is 1. The summed E-state index contributed by atoms with van der Waals surface area (Å²) in [6.45, 7) is 0.0909. The van der Waals surface area contributed by atoms with E-state index in [2.05, 4.69) is 0 Å². The highest BCUT2D eigenvalue weighted by molar-refractivity contribution is 14.2. The highest BCUT2D eigenvalue weighted by atomic mass is 127. The van der Waals surface area contributed by atoms with Gasteiger partial charge in [0.25, 0.3) is 0 Å². The highest BCUT2D eigenvalue weighted by Crippen LogP contribution is 2.43. The second-order valence-electron chi connectivity index (χ2n) is 5.73. The van der Waals surface area contributed by atoms with Gasteiger partial charge in [0.1, 0.15) is 11.3 Å². The fraction of sp³-hybridized carbons (Fsp3) is 0.188. The molecular formula is C16H8F7IN2OS. The minimum atomic E-state index is -5.65. The molecule has 0 fully saturated rings. The number of halogens is 8. The highest BCUT2D eigenvalue weighted by Gasteiger charge is 2.43. The van der Waals surface area contributed by atoms with Crippen molar-refractivity contribution in [3.63, 3.8) is 0 Å². The molecule has 3 rings (SSSR count). The summed E-state index contributed by atoms with van der Waals surface area (Å²) in [4.78, 5) is 12.5. The summed E-state index contributed by atoms with van der Waals surface area (Å²) >= 11 is 1.96. The summed E-state index contributed by atoms with van der Waals surface area (Å²) in [5, 5.41) is 1.69. The van der Waals surface area contributed by atoms with E-state index in [0.29, 0.717) is 11.3 Å². The van der Waals surface area contributed by atoms with Crippen LogP contribution in [0.15, 0.2) is 24.3 Å². The van der Waals surface area contributed by atoms with Gasteiger partial charge < -0.3 is 9.62 Å². The van der Waals surface area contributed by atoms with E-state index in [1.165, 1.54) is 9.12 Å². The topological polar surface area (TPSA) is 32.3 Å². The van der Waals surface area contributed by atoms with Crippen LogP contribution in [-0.4, -0.2) is 12.5 Å². The molecule has 0 saturated heterocycles. The van der Waals surface area contributed by atoms with Gasteiger partial charge in [0.2, 0.25) is 5.91 Å².